The molecule has 0 aromatic carbocycles. The maximum absolute atomic E-state index is 11.1. The molecule has 0 saturated carbocycles. The van der Waals surface area contributed by atoms with Crippen LogP contribution in [0.1, 0.15) is 33.1 Å². The summed E-state index contributed by atoms with van der Waals surface area (Å²) in [5.74, 6) is 0.155. The quantitative estimate of drug-likeness (QED) is 0.343. The molecule has 0 aliphatic carbocycles. The van der Waals surface area contributed by atoms with E-state index in [4.69, 9.17) is 4.52 Å². The van der Waals surface area contributed by atoms with Gasteiger partial charge < -0.3 is 4.52 Å². The van der Waals surface area contributed by atoms with Crippen LogP contribution in [0.3, 0.4) is 0 Å². The number of hydrogen-bond donors (Lipinski definition) is 0. The van der Waals surface area contributed by atoms with Crippen molar-refractivity contribution in [2.75, 3.05) is 12.8 Å². The molecular formula is C10H19O2P. The van der Waals surface area contributed by atoms with Crippen LogP contribution in [0.4, 0.5) is 0 Å². The van der Waals surface area contributed by atoms with Gasteiger partial charge in [-0.25, -0.2) is 0 Å². The van der Waals surface area contributed by atoms with E-state index in [0.717, 1.165) is 12.6 Å². The maximum atomic E-state index is 11.1. The third kappa shape index (κ3) is 8.14. The van der Waals surface area contributed by atoms with Gasteiger partial charge in [-0.05, 0) is 25.1 Å². The largest absolute Gasteiger partial charge is 0.362 e. The van der Waals surface area contributed by atoms with E-state index >= 15 is 0 Å². The van der Waals surface area contributed by atoms with Crippen molar-refractivity contribution in [1.82, 2.24) is 0 Å². The Kier molecular flexibility index (Phi) is 8.27. The zero-order chi connectivity index (χ0) is 10.1. The van der Waals surface area contributed by atoms with Crippen molar-refractivity contribution < 1.29 is 9.32 Å². The first-order valence-electron chi connectivity index (χ1n) is 4.71. The molecule has 3 heteroatoms. The van der Waals surface area contributed by atoms with Crippen LogP contribution in [0.15, 0.2) is 12.2 Å². The van der Waals surface area contributed by atoms with Crippen LogP contribution in [0.2, 0.25) is 0 Å². The van der Waals surface area contributed by atoms with Gasteiger partial charge in [-0.2, -0.15) is 0 Å². The van der Waals surface area contributed by atoms with E-state index in [0.29, 0.717) is 27.4 Å². The fourth-order valence-electron chi connectivity index (χ4n) is 0.765. The molecule has 0 N–H and O–H groups in total. The van der Waals surface area contributed by atoms with E-state index in [-0.39, 0.29) is 5.78 Å². The summed E-state index contributed by atoms with van der Waals surface area (Å²) >= 11 is 0. The van der Waals surface area contributed by atoms with Crippen molar-refractivity contribution in [3.05, 3.63) is 12.2 Å². The highest BCUT2D eigenvalue weighted by Crippen LogP contribution is 2.13. The predicted molar refractivity (Wildman–Crippen MR) is 58.5 cm³/mol. The molecule has 1 unspecified atom stereocenters. The van der Waals surface area contributed by atoms with Crippen LogP contribution in [-0.4, -0.2) is 18.6 Å². The van der Waals surface area contributed by atoms with Gasteiger partial charge in [0.2, 0.25) is 0 Å². The average molecular weight is 202 g/mol. The standard InChI is InChI=1S/C10H19O2P/c1-4-8-13-12-7-5-6-10(11)9(2)3/h13H,2,4-8H2,1,3H3. The molecule has 0 bridgehead atoms. The second-order valence-corrected chi connectivity index (χ2v) is 4.13. The first kappa shape index (κ1) is 12.8. The highest BCUT2D eigenvalue weighted by atomic mass is 31.1. The minimum atomic E-state index is 0.155. The molecule has 0 rings (SSSR count). The molecular weight excluding hydrogens is 183 g/mol. The van der Waals surface area contributed by atoms with E-state index in [1.165, 1.54) is 6.42 Å². The normalized spacial score (nSPS) is 10.9. The number of rotatable bonds is 8. The summed E-state index contributed by atoms with van der Waals surface area (Å²) in [6.45, 7) is 8.19. The van der Waals surface area contributed by atoms with Crippen LogP contribution in [-0.2, 0) is 9.32 Å². The van der Waals surface area contributed by atoms with Gasteiger partial charge >= 0.3 is 0 Å². The molecule has 0 aromatic rings. The number of hydrogen-bond acceptors (Lipinski definition) is 2. The minimum Gasteiger partial charge on any atom is -0.362 e. The molecule has 76 valence electrons. The van der Waals surface area contributed by atoms with Crippen molar-refractivity contribution >= 4 is 14.6 Å². The number of ketones is 1. The van der Waals surface area contributed by atoms with Gasteiger partial charge in [0.25, 0.3) is 0 Å². The fraction of sp³-hybridized carbons (Fsp3) is 0.700. The number of Topliss-reactive ketones (excluding diaryl/α,β-unsaturated/α-hetero) is 1. The molecule has 0 aliphatic rings. The molecule has 0 saturated heterocycles. The summed E-state index contributed by atoms with van der Waals surface area (Å²) < 4.78 is 5.35. The highest BCUT2D eigenvalue weighted by molar-refractivity contribution is 7.32. The van der Waals surface area contributed by atoms with Gasteiger partial charge in [-0.3, -0.25) is 4.79 Å². The van der Waals surface area contributed by atoms with E-state index < -0.39 is 0 Å². The number of carbonyl (C=O) groups excluding carboxylic acids is 1. The van der Waals surface area contributed by atoms with Gasteiger partial charge in [0.05, 0.1) is 6.61 Å². The monoisotopic (exact) mass is 202 g/mol. The zero-order valence-electron chi connectivity index (χ0n) is 8.56. The summed E-state index contributed by atoms with van der Waals surface area (Å²) in [5.41, 5.74) is 0.649. The van der Waals surface area contributed by atoms with E-state index in [1.54, 1.807) is 6.92 Å². The van der Waals surface area contributed by atoms with Crippen LogP contribution < -0.4 is 0 Å². The zero-order valence-corrected chi connectivity index (χ0v) is 9.56. The van der Waals surface area contributed by atoms with Gasteiger partial charge in [0.15, 0.2) is 5.78 Å². The van der Waals surface area contributed by atoms with Crippen molar-refractivity contribution in [2.45, 2.75) is 33.1 Å². The Labute approximate surface area is 82.6 Å². The molecule has 0 spiro atoms. The van der Waals surface area contributed by atoms with Gasteiger partial charge in [0.1, 0.15) is 0 Å². The Morgan fingerprint density at radius 2 is 2.23 bits per heavy atom. The molecule has 0 radical (unpaired) electrons. The van der Waals surface area contributed by atoms with Crippen LogP contribution in [0.5, 0.6) is 0 Å². The summed E-state index contributed by atoms with van der Waals surface area (Å²) in [6, 6.07) is 0. The first-order valence-corrected chi connectivity index (χ1v) is 5.83. The molecule has 0 amide bonds. The summed E-state index contributed by atoms with van der Waals surface area (Å²) in [4.78, 5) is 11.1. The Bertz CT molecular complexity index is 166. The molecule has 0 aliphatic heterocycles. The second kappa shape index (κ2) is 8.40. The van der Waals surface area contributed by atoms with Gasteiger partial charge in [-0.15, -0.1) is 0 Å². The van der Waals surface area contributed by atoms with Gasteiger partial charge in [-0.1, -0.05) is 19.9 Å². The lowest BCUT2D eigenvalue weighted by atomic mass is 10.1. The van der Waals surface area contributed by atoms with Crippen molar-refractivity contribution in [1.29, 1.82) is 0 Å². The molecule has 1 atom stereocenters. The smallest absolute Gasteiger partial charge is 0.158 e. The topological polar surface area (TPSA) is 26.3 Å². The molecule has 0 aromatic heterocycles. The van der Waals surface area contributed by atoms with Crippen molar-refractivity contribution in [3.63, 3.8) is 0 Å². The number of allylic oxidation sites excluding steroid dienone is 1. The lowest BCUT2D eigenvalue weighted by Crippen LogP contribution is -1.99. The van der Waals surface area contributed by atoms with Gasteiger partial charge in [0, 0.05) is 15.2 Å². The van der Waals surface area contributed by atoms with Crippen molar-refractivity contribution in [3.8, 4) is 0 Å². The first-order chi connectivity index (χ1) is 6.18. The SMILES string of the molecule is C=C(C)C(=O)CCCOPCCC. The highest BCUT2D eigenvalue weighted by Gasteiger charge is 2.00. The van der Waals surface area contributed by atoms with Crippen LogP contribution in [0, 0.1) is 0 Å². The Morgan fingerprint density at radius 1 is 1.54 bits per heavy atom. The minimum absolute atomic E-state index is 0.155. The van der Waals surface area contributed by atoms with Crippen LogP contribution >= 0.6 is 8.81 Å². The molecule has 13 heavy (non-hydrogen) atoms. The van der Waals surface area contributed by atoms with Crippen molar-refractivity contribution in [2.24, 2.45) is 0 Å². The van der Waals surface area contributed by atoms with E-state index in [2.05, 4.69) is 13.5 Å². The second-order valence-electron chi connectivity index (χ2n) is 3.05. The fourth-order valence-corrected chi connectivity index (χ4v) is 1.40. The lowest BCUT2D eigenvalue weighted by Gasteiger charge is -2.02. The summed E-state index contributed by atoms with van der Waals surface area (Å²) in [7, 11) is 0.596. The Balaban J connectivity index is 3.16. The predicted octanol–water partition coefficient (Wildman–Crippen LogP) is 2.93. The maximum Gasteiger partial charge on any atom is 0.158 e. The van der Waals surface area contributed by atoms with Crippen LogP contribution in [0.25, 0.3) is 0 Å². The molecule has 0 fully saturated rings. The van der Waals surface area contributed by atoms with E-state index in [9.17, 15) is 4.79 Å². The lowest BCUT2D eigenvalue weighted by molar-refractivity contribution is -0.115. The molecule has 0 heterocycles. The molecule has 2 nitrogen and oxygen atoms in total. The number of carbonyl (C=O) groups is 1. The summed E-state index contributed by atoms with van der Waals surface area (Å²) in [5, 5.41) is 0. The summed E-state index contributed by atoms with van der Waals surface area (Å²) in [6.07, 6.45) is 3.70. The third-order valence-corrected chi connectivity index (χ3v) is 2.69. The Hall–Kier alpha value is -0.200. The Morgan fingerprint density at radius 3 is 2.77 bits per heavy atom. The third-order valence-electron chi connectivity index (χ3n) is 1.58. The average Bonchev–Trinajstić information content (AvgIpc) is 2.10. The van der Waals surface area contributed by atoms with E-state index in [1.807, 2.05) is 0 Å².